The molecular formula is C16H17ClN2OS. The molecule has 0 bridgehead atoms. The third-order valence-electron chi connectivity index (χ3n) is 2.89. The molecule has 0 radical (unpaired) electrons. The van der Waals surface area contributed by atoms with Crippen molar-refractivity contribution >= 4 is 35.0 Å². The molecule has 0 atom stereocenters. The van der Waals surface area contributed by atoms with Gasteiger partial charge in [0.05, 0.1) is 10.8 Å². The molecule has 110 valence electrons. The number of halogens is 1. The molecule has 0 unspecified atom stereocenters. The zero-order chi connectivity index (χ0) is 15.1. The zero-order valence-electron chi connectivity index (χ0n) is 11.5. The van der Waals surface area contributed by atoms with Crippen LogP contribution in [0.25, 0.3) is 0 Å². The molecule has 0 aromatic heterocycles. The summed E-state index contributed by atoms with van der Waals surface area (Å²) in [6.45, 7) is 0.633. The van der Waals surface area contributed by atoms with E-state index in [0.717, 1.165) is 11.3 Å². The number of nitrogens with one attached hydrogen (secondary N) is 1. The van der Waals surface area contributed by atoms with E-state index < -0.39 is 0 Å². The number of thioether (sulfide) groups is 1. The van der Waals surface area contributed by atoms with Gasteiger partial charge in [0.25, 0.3) is 0 Å². The lowest BCUT2D eigenvalue weighted by molar-refractivity contribution is -0.118. The number of hydrogen-bond acceptors (Lipinski definition) is 3. The molecule has 3 nitrogen and oxygen atoms in total. The molecule has 3 N–H and O–H groups in total. The fraction of sp³-hybridized carbons (Fsp3) is 0.188. The molecule has 0 aliphatic rings. The van der Waals surface area contributed by atoms with Gasteiger partial charge >= 0.3 is 0 Å². The average molecular weight is 321 g/mol. The van der Waals surface area contributed by atoms with Gasteiger partial charge in [0.15, 0.2) is 0 Å². The topological polar surface area (TPSA) is 55.1 Å². The van der Waals surface area contributed by atoms with E-state index >= 15 is 0 Å². The summed E-state index contributed by atoms with van der Waals surface area (Å²) < 4.78 is 0. The van der Waals surface area contributed by atoms with Crippen LogP contribution in [-0.2, 0) is 11.2 Å². The van der Waals surface area contributed by atoms with Gasteiger partial charge in [-0.3, -0.25) is 4.79 Å². The third kappa shape index (κ3) is 5.33. The predicted octanol–water partition coefficient (Wildman–Crippen LogP) is 3.37. The molecule has 2 aromatic carbocycles. The van der Waals surface area contributed by atoms with Crippen LogP contribution in [0.5, 0.6) is 0 Å². The molecule has 0 heterocycles. The van der Waals surface area contributed by atoms with Gasteiger partial charge < -0.3 is 11.1 Å². The number of rotatable bonds is 6. The predicted molar refractivity (Wildman–Crippen MR) is 89.7 cm³/mol. The maximum Gasteiger partial charge on any atom is 0.230 e. The molecule has 0 saturated carbocycles. The molecule has 0 saturated heterocycles. The van der Waals surface area contributed by atoms with Gasteiger partial charge in [0.2, 0.25) is 5.91 Å². The lowest BCUT2D eigenvalue weighted by Crippen LogP contribution is -2.27. The zero-order valence-corrected chi connectivity index (χ0v) is 13.1. The van der Waals surface area contributed by atoms with Crippen LogP contribution in [0.4, 0.5) is 5.69 Å². The minimum Gasteiger partial charge on any atom is -0.399 e. The summed E-state index contributed by atoms with van der Waals surface area (Å²) in [7, 11) is 0. The highest BCUT2D eigenvalue weighted by Crippen LogP contribution is 2.28. The van der Waals surface area contributed by atoms with Gasteiger partial charge in [0, 0.05) is 17.1 Å². The molecule has 5 heteroatoms. The van der Waals surface area contributed by atoms with Crippen molar-refractivity contribution in [3.63, 3.8) is 0 Å². The van der Waals surface area contributed by atoms with Crippen molar-refractivity contribution in [2.75, 3.05) is 18.0 Å². The summed E-state index contributed by atoms with van der Waals surface area (Å²) >= 11 is 7.45. The van der Waals surface area contributed by atoms with Gasteiger partial charge in [-0.25, -0.2) is 0 Å². The second-order valence-corrected chi connectivity index (χ2v) is 5.99. The highest BCUT2D eigenvalue weighted by Gasteiger charge is 2.06. The lowest BCUT2D eigenvalue weighted by Gasteiger charge is -2.07. The highest BCUT2D eigenvalue weighted by atomic mass is 35.5. The molecule has 1 amide bonds. The largest absolute Gasteiger partial charge is 0.399 e. The molecule has 2 aromatic rings. The van der Waals surface area contributed by atoms with Crippen molar-refractivity contribution in [2.45, 2.75) is 11.3 Å². The van der Waals surface area contributed by atoms with Crippen LogP contribution in [0.3, 0.4) is 0 Å². The Labute approximate surface area is 133 Å². The molecule has 0 aliphatic carbocycles. The van der Waals surface area contributed by atoms with Gasteiger partial charge in [0.1, 0.15) is 0 Å². The second-order valence-electron chi connectivity index (χ2n) is 4.56. The van der Waals surface area contributed by atoms with Crippen LogP contribution in [-0.4, -0.2) is 18.2 Å². The summed E-state index contributed by atoms with van der Waals surface area (Å²) in [5.41, 5.74) is 7.56. The number of anilines is 1. The van der Waals surface area contributed by atoms with Crippen molar-refractivity contribution < 1.29 is 4.79 Å². The van der Waals surface area contributed by atoms with E-state index in [0.29, 0.717) is 23.0 Å². The summed E-state index contributed by atoms with van der Waals surface area (Å²) in [5, 5.41) is 3.52. The number of hydrogen-bond donors (Lipinski definition) is 2. The number of nitrogens with two attached hydrogens (primary N) is 1. The van der Waals surface area contributed by atoms with Crippen LogP contribution < -0.4 is 11.1 Å². The minimum absolute atomic E-state index is 0.00516. The first-order valence-electron chi connectivity index (χ1n) is 6.63. The summed E-state index contributed by atoms with van der Waals surface area (Å²) in [6, 6.07) is 15.3. The van der Waals surface area contributed by atoms with Gasteiger partial charge in [-0.05, 0) is 30.2 Å². The Kier molecular flexibility index (Phi) is 5.96. The lowest BCUT2D eigenvalue weighted by atomic mass is 10.1. The van der Waals surface area contributed by atoms with Crippen LogP contribution in [0.15, 0.2) is 53.4 Å². The highest BCUT2D eigenvalue weighted by molar-refractivity contribution is 8.00. The van der Waals surface area contributed by atoms with E-state index in [1.54, 1.807) is 18.2 Å². The molecule has 21 heavy (non-hydrogen) atoms. The maximum atomic E-state index is 11.8. The van der Waals surface area contributed by atoms with Gasteiger partial charge in [-0.15, -0.1) is 11.8 Å². The first kappa shape index (κ1) is 15.7. The maximum absolute atomic E-state index is 11.8. The van der Waals surface area contributed by atoms with E-state index in [-0.39, 0.29) is 5.91 Å². The fourth-order valence-electron chi connectivity index (χ4n) is 1.82. The minimum atomic E-state index is -0.00516. The standard InChI is InChI=1S/C16H17ClN2OS/c17-14-7-6-13(18)10-15(14)21-11-16(20)19-9-8-12-4-2-1-3-5-12/h1-7,10H,8-9,11,18H2,(H,19,20). The van der Waals surface area contributed by atoms with Crippen molar-refractivity contribution in [3.8, 4) is 0 Å². The molecular weight excluding hydrogens is 304 g/mol. The Morgan fingerprint density at radius 3 is 2.71 bits per heavy atom. The normalized spacial score (nSPS) is 10.3. The van der Waals surface area contributed by atoms with E-state index in [9.17, 15) is 4.79 Å². The van der Waals surface area contributed by atoms with Gasteiger partial charge in [-0.2, -0.15) is 0 Å². The van der Waals surface area contributed by atoms with Crippen molar-refractivity contribution in [1.29, 1.82) is 0 Å². The molecule has 0 spiro atoms. The first-order valence-corrected chi connectivity index (χ1v) is 8.00. The first-order chi connectivity index (χ1) is 10.1. The summed E-state index contributed by atoms with van der Waals surface area (Å²) in [4.78, 5) is 12.6. The van der Waals surface area contributed by atoms with Crippen LogP contribution in [0, 0.1) is 0 Å². The fourth-order valence-corrected chi connectivity index (χ4v) is 2.91. The number of carbonyl (C=O) groups is 1. The Bertz CT molecular complexity index is 604. The van der Waals surface area contributed by atoms with Crippen molar-refractivity contribution in [3.05, 3.63) is 59.1 Å². The van der Waals surface area contributed by atoms with Gasteiger partial charge in [-0.1, -0.05) is 41.9 Å². The Morgan fingerprint density at radius 1 is 1.19 bits per heavy atom. The Balaban J connectivity index is 1.74. The Hall–Kier alpha value is -1.65. The SMILES string of the molecule is Nc1ccc(Cl)c(SCC(=O)NCCc2ccccc2)c1. The van der Waals surface area contributed by atoms with E-state index in [2.05, 4.69) is 5.32 Å². The third-order valence-corrected chi connectivity index (χ3v) is 4.39. The van der Waals surface area contributed by atoms with Crippen molar-refractivity contribution in [1.82, 2.24) is 5.32 Å². The molecule has 0 fully saturated rings. The number of benzene rings is 2. The smallest absolute Gasteiger partial charge is 0.230 e. The monoisotopic (exact) mass is 320 g/mol. The molecule has 2 rings (SSSR count). The van der Waals surface area contributed by atoms with Crippen LogP contribution in [0.2, 0.25) is 5.02 Å². The van der Waals surface area contributed by atoms with E-state index in [4.69, 9.17) is 17.3 Å². The number of nitrogen functional groups attached to an aromatic ring is 1. The van der Waals surface area contributed by atoms with Crippen LogP contribution >= 0.6 is 23.4 Å². The summed E-state index contributed by atoms with van der Waals surface area (Å²) in [5.74, 6) is 0.326. The van der Waals surface area contributed by atoms with Crippen LogP contribution in [0.1, 0.15) is 5.56 Å². The quantitative estimate of drug-likeness (QED) is 0.634. The van der Waals surface area contributed by atoms with Crippen molar-refractivity contribution in [2.24, 2.45) is 0 Å². The summed E-state index contributed by atoms with van der Waals surface area (Å²) in [6.07, 6.45) is 0.830. The second kappa shape index (κ2) is 7.96. The number of carbonyl (C=O) groups excluding carboxylic acids is 1. The molecule has 0 aliphatic heterocycles. The number of amides is 1. The van der Waals surface area contributed by atoms with E-state index in [1.807, 2.05) is 30.3 Å². The Morgan fingerprint density at radius 2 is 1.95 bits per heavy atom. The average Bonchev–Trinajstić information content (AvgIpc) is 2.49. The van der Waals surface area contributed by atoms with E-state index in [1.165, 1.54) is 17.3 Å².